The van der Waals surface area contributed by atoms with Crippen molar-refractivity contribution in [1.82, 2.24) is 0 Å². The number of anilines is 1. The Hall–Kier alpha value is -2.36. The molecule has 0 aliphatic rings. The summed E-state index contributed by atoms with van der Waals surface area (Å²) in [6.45, 7) is 8.23. The Bertz CT molecular complexity index is 703. The van der Waals surface area contributed by atoms with Crippen molar-refractivity contribution in [1.29, 1.82) is 0 Å². The SMILES string of the molecule is CCC(c1ccccc1)c1cc(C(C)(C)C)cc([N+](=O)[O-])c1N. The molecular weight excluding hydrogens is 288 g/mol. The molecule has 1 unspecified atom stereocenters. The summed E-state index contributed by atoms with van der Waals surface area (Å²) < 4.78 is 0. The second-order valence-corrected chi connectivity index (χ2v) is 6.88. The molecule has 0 aliphatic carbocycles. The van der Waals surface area contributed by atoms with Gasteiger partial charge in [0, 0.05) is 12.0 Å². The molecule has 0 saturated heterocycles. The zero-order chi connectivity index (χ0) is 17.2. The summed E-state index contributed by atoms with van der Waals surface area (Å²) in [7, 11) is 0. The third-order valence-electron chi connectivity index (χ3n) is 4.24. The van der Waals surface area contributed by atoms with Gasteiger partial charge >= 0.3 is 0 Å². The van der Waals surface area contributed by atoms with Gasteiger partial charge in [0.15, 0.2) is 0 Å². The highest BCUT2D eigenvalue weighted by Gasteiger charge is 2.26. The standard InChI is InChI=1S/C19H24N2O2/c1-5-15(13-9-7-6-8-10-13)16-11-14(19(2,3)4)12-17(18(16)20)21(22)23/h6-12,15H,5,20H2,1-4H3. The van der Waals surface area contributed by atoms with Crippen LogP contribution in [-0.4, -0.2) is 4.92 Å². The first kappa shape index (κ1) is 17.0. The van der Waals surface area contributed by atoms with Crippen molar-refractivity contribution < 1.29 is 4.92 Å². The number of hydrogen-bond acceptors (Lipinski definition) is 3. The number of nitro benzene ring substituents is 1. The van der Waals surface area contributed by atoms with Crippen molar-refractivity contribution in [2.75, 3.05) is 5.73 Å². The van der Waals surface area contributed by atoms with Gasteiger partial charge < -0.3 is 5.73 Å². The van der Waals surface area contributed by atoms with Crippen molar-refractivity contribution in [3.05, 3.63) is 69.3 Å². The third-order valence-corrected chi connectivity index (χ3v) is 4.24. The van der Waals surface area contributed by atoms with Crippen molar-refractivity contribution in [2.45, 2.75) is 45.4 Å². The first-order valence-electron chi connectivity index (χ1n) is 7.89. The van der Waals surface area contributed by atoms with Crippen molar-refractivity contribution in [3.63, 3.8) is 0 Å². The number of nitrogens with zero attached hydrogens (tertiary/aromatic N) is 1. The molecule has 4 nitrogen and oxygen atoms in total. The fourth-order valence-electron chi connectivity index (χ4n) is 2.85. The lowest BCUT2D eigenvalue weighted by Gasteiger charge is -2.24. The van der Waals surface area contributed by atoms with Gasteiger partial charge in [0.25, 0.3) is 5.69 Å². The molecule has 2 rings (SSSR count). The van der Waals surface area contributed by atoms with Gasteiger partial charge in [-0.2, -0.15) is 0 Å². The van der Waals surface area contributed by atoms with Crippen LogP contribution in [0.1, 0.15) is 56.7 Å². The molecule has 1 atom stereocenters. The summed E-state index contributed by atoms with van der Waals surface area (Å²) in [5, 5.41) is 11.4. The molecule has 0 heterocycles. The Kier molecular flexibility index (Phi) is 4.73. The molecule has 4 heteroatoms. The minimum absolute atomic E-state index is 0.00167. The molecule has 0 aromatic heterocycles. The molecule has 122 valence electrons. The maximum absolute atomic E-state index is 11.4. The van der Waals surface area contributed by atoms with E-state index in [0.717, 1.165) is 23.1 Å². The summed E-state index contributed by atoms with van der Waals surface area (Å²) in [5.74, 6) is 0.0530. The highest BCUT2D eigenvalue weighted by atomic mass is 16.6. The molecule has 2 aromatic carbocycles. The maximum atomic E-state index is 11.4. The van der Waals surface area contributed by atoms with E-state index in [1.54, 1.807) is 6.07 Å². The lowest BCUT2D eigenvalue weighted by molar-refractivity contribution is -0.384. The highest BCUT2D eigenvalue weighted by Crippen LogP contribution is 2.39. The molecule has 2 aromatic rings. The summed E-state index contributed by atoms with van der Waals surface area (Å²) in [6, 6.07) is 13.7. The molecule has 0 bridgehead atoms. The van der Waals surface area contributed by atoms with E-state index in [2.05, 4.69) is 27.7 Å². The van der Waals surface area contributed by atoms with Gasteiger partial charge in [-0.15, -0.1) is 0 Å². The molecule has 0 amide bonds. The van der Waals surface area contributed by atoms with Gasteiger partial charge in [-0.3, -0.25) is 10.1 Å². The van der Waals surface area contributed by atoms with E-state index in [4.69, 9.17) is 5.73 Å². The van der Waals surface area contributed by atoms with Gasteiger partial charge in [0.1, 0.15) is 5.69 Å². The predicted molar refractivity (Wildman–Crippen MR) is 94.8 cm³/mol. The number of nitrogen functional groups attached to an aromatic ring is 1. The van der Waals surface area contributed by atoms with Crippen molar-refractivity contribution in [2.24, 2.45) is 0 Å². The van der Waals surface area contributed by atoms with Crippen LogP contribution < -0.4 is 5.73 Å². The van der Waals surface area contributed by atoms with Gasteiger partial charge in [-0.25, -0.2) is 0 Å². The van der Waals surface area contributed by atoms with Crippen LogP contribution in [-0.2, 0) is 5.41 Å². The molecule has 0 aliphatic heterocycles. The lowest BCUT2D eigenvalue weighted by Crippen LogP contribution is -2.15. The third kappa shape index (κ3) is 3.52. The quantitative estimate of drug-likeness (QED) is 0.490. The molecule has 0 spiro atoms. The topological polar surface area (TPSA) is 69.2 Å². The summed E-state index contributed by atoms with van der Waals surface area (Å²) in [5.41, 5.74) is 9.17. The number of hydrogen-bond donors (Lipinski definition) is 1. The molecular formula is C19H24N2O2. The number of benzene rings is 2. The van der Waals surface area contributed by atoms with E-state index < -0.39 is 0 Å². The second kappa shape index (κ2) is 6.41. The van der Waals surface area contributed by atoms with Gasteiger partial charge in [-0.1, -0.05) is 64.1 Å². The second-order valence-electron chi connectivity index (χ2n) is 6.88. The maximum Gasteiger partial charge on any atom is 0.292 e. The number of nitrogens with two attached hydrogens (primary N) is 1. The Labute approximate surface area is 137 Å². The first-order chi connectivity index (χ1) is 10.8. The van der Waals surface area contributed by atoms with Gasteiger partial charge in [0.05, 0.1) is 4.92 Å². The van der Waals surface area contributed by atoms with E-state index in [0.29, 0.717) is 0 Å². The number of rotatable bonds is 4. The highest BCUT2D eigenvalue weighted by molar-refractivity contribution is 5.67. The van der Waals surface area contributed by atoms with Crippen LogP contribution in [0.15, 0.2) is 42.5 Å². The molecule has 2 N–H and O–H groups in total. The fraction of sp³-hybridized carbons (Fsp3) is 0.368. The van der Waals surface area contributed by atoms with Crippen LogP contribution >= 0.6 is 0 Å². The average molecular weight is 312 g/mol. The van der Waals surface area contributed by atoms with E-state index in [-0.39, 0.29) is 27.6 Å². The average Bonchev–Trinajstić information content (AvgIpc) is 2.49. The molecule has 0 radical (unpaired) electrons. The van der Waals surface area contributed by atoms with E-state index in [1.807, 2.05) is 36.4 Å². The zero-order valence-electron chi connectivity index (χ0n) is 14.2. The first-order valence-corrected chi connectivity index (χ1v) is 7.89. The minimum atomic E-state index is -0.383. The smallest absolute Gasteiger partial charge is 0.292 e. The summed E-state index contributed by atoms with van der Waals surface area (Å²) in [4.78, 5) is 11.0. The zero-order valence-corrected chi connectivity index (χ0v) is 14.2. The summed E-state index contributed by atoms with van der Waals surface area (Å²) >= 11 is 0. The fourth-order valence-corrected chi connectivity index (χ4v) is 2.85. The van der Waals surface area contributed by atoms with Crippen LogP contribution in [0.2, 0.25) is 0 Å². The van der Waals surface area contributed by atoms with E-state index in [1.165, 1.54) is 0 Å². The summed E-state index contributed by atoms with van der Waals surface area (Å²) in [6.07, 6.45) is 0.832. The number of nitro groups is 1. The molecule has 0 saturated carbocycles. The van der Waals surface area contributed by atoms with Crippen LogP contribution in [0.25, 0.3) is 0 Å². The normalized spacial score (nSPS) is 12.9. The van der Waals surface area contributed by atoms with Crippen LogP contribution in [0.4, 0.5) is 11.4 Å². The Balaban J connectivity index is 2.69. The monoisotopic (exact) mass is 312 g/mol. The van der Waals surface area contributed by atoms with Crippen LogP contribution in [0, 0.1) is 10.1 Å². The van der Waals surface area contributed by atoms with Crippen molar-refractivity contribution >= 4 is 11.4 Å². The lowest BCUT2D eigenvalue weighted by atomic mass is 9.81. The minimum Gasteiger partial charge on any atom is -0.393 e. The van der Waals surface area contributed by atoms with E-state index >= 15 is 0 Å². The molecule has 23 heavy (non-hydrogen) atoms. The van der Waals surface area contributed by atoms with Crippen molar-refractivity contribution in [3.8, 4) is 0 Å². The largest absolute Gasteiger partial charge is 0.393 e. The van der Waals surface area contributed by atoms with Gasteiger partial charge in [0.2, 0.25) is 0 Å². The molecule has 0 fully saturated rings. The van der Waals surface area contributed by atoms with Gasteiger partial charge in [-0.05, 0) is 28.5 Å². The predicted octanol–water partition coefficient (Wildman–Crippen LogP) is 5.02. The van der Waals surface area contributed by atoms with Crippen LogP contribution in [0.5, 0.6) is 0 Å². The van der Waals surface area contributed by atoms with Crippen LogP contribution in [0.3, 0.4) is 0 Å². The Morgan fingerprint density at radius 2 is 1.78 bits per heavy atom. The Morgan fingerprint density at radius 3 is 2.26 bits per heavy atom. The Morgan fingerprint density at radius 1 is 1.17 bits per heavy atom. The van der Waals surface area contributed by atoms with E-state index in [9.17, 15) is 10.1 Å².